The van der Waals surface area contributed by atoms with Crippen LogP contribution in [-0.2, 0) is 0 Å². The number of benzene rings is 5. The fourth-order valence-electron chi connectivity index (χ4n) is 4.07. The Morgan fingerprint density at radius 3 is 1.12 bits per heavy atom. The number of phenols is 1. The zero-order chi connectivity index (χ0) is 21.9. The van der Waals surface area contributed by atoms with Crippen LogP contribution in [-0.4, -0.2) is 5.11 Å². The Kier molecular flexibility index (Phi) is 5.31. The first-order valence-corrected chi connectivity index (χ1v) is 10.8. The third-order valence-corrected chi connectivity index (χ3v) is 5.82. The van der Waals surface area contributed by atoms with Crippen molar-refractivity contribution in [2.24, 2.45) is 0 Å². The molecule has 0 amide bonds. The van der Waals surface area contributed by atoms with E-state index in [1.54, 1.807) is 12.1 Å². The molecule has 0 bridgehead atoms. The van der Waals surface area contributed by atoms with E-state index < -0.39 is 0 Å². The maximum Gasteiger partial charge on any atom is 0.116 e. The summed E-state index contributed by atoms with van der Waals surface area (Å²) in [4.78, 5) is 0. The van der Waals surface area contributed by atoms with Gasteiger partial charge in [-0.05, 0) is 81.8 Å². The summed E-state index contributed by atoms with van der Waals surface area (Å²) in [6.07, 6.45) is 0. The Labute approximate surface area is 189 Å². The first kappa shape index (κ1) is 19.8. The molecule has 0 atom stereocenters. The molecule has 0 fully saturated rings. The summed E-state index contributed by atoms with van der Waals surface area (Å²) in [6, 6.07) is 41.9. The number of aromatic hydroxyl groups is 1. The van der Waals surface area contributed by atoms with E-state index >= 15 is 0 Å². The van der Waals surface area contributed by atoms with E-state index in [0.29, 0.717) is 0 Å². The van der Waals surface area contributed by atoms with Gasteiger partial charge in [0.25, 0.3) is 0 Å². The second kappa shape index (κ2) is 8.56. The van der Waals surface area contributed by atoms with Crippen LogP contribution in [0.3, 0.4) is 0 Å². The van der Waals surface area contributed by atoms with Crippen molar-refractivity contribution in [3.05, 3.63) is 127 Å². The largest absolute Gasteiger partial charge is 0.508 e. The van der Waals surface area contributed by atoms with Crippen LogP contribution < -0.4 is 0 Å². The van der Waals surface area contributed by atoms with Crippen molar-refractivity contribution in [1.82, 2.24) is 0 Å². The topological polar surface area (TPSA) is 20.2 Å². The second-order valence-electron chi connectivity index (χ2n) is 8.16. The van der Waals surface area contributed by atoms with Gasteiger partial charge in [0.15, 0.2) is 0 Å². The predicted molar refractivity (Wildman–Crippen MR) is 135 cm³/mol. The SMILES string of the molecule is Cc1ccc(-c2cccc(-c3cccc(-c4cccc(-c5cccc(O)c5)c4)c3)c2)cc1. The van der Waals surface area contributed by atoms with Crippen LogP contribution in [0.1, 0.15) is 5.56 Å². The molecule has 0 unspecified atom stereocenters. The summed E-state index contributed by atoms with van der Waals surface area (Å²) in [5.41, 5.74) is 10.5. The van der Waals surface area contributed by atoms with Gasteiger partial charge in [-0.1, -0.05) is 96.6 Å². The monoisotopic (exact) mass is 412 g/mol. The van der Waals surface area contributed by atoms with Crippen molar-refractivity contribution in [1.29, 1.82) is 0 Å². The fraction of sp³-hybridized carbons (Fsp3) is 0.0323. The molecule has 0 heterocycles. The highest BCUT2D eigenvalue weighted by Crippen LogP contribution is 2.32. The zero-order valence-electron chi connectivity index (χ0n) is 18.0. The molecule has 5 rings (SSSR count). The summed E-state index contributed by atoms with van der Waals surface area (Å²) >= 11 is 0. The number of hydrogen-bond donors (Lipinski definition) is 1. The summed E-state index contributed by atoms with van der Waals surface area (Å²) in [5.74, 6) is 0.281. The minimum Gasteiger partial charge on any atom is -0.508 e. The molecule has 5 aromatic carbocycles. The average molecular weight is 413 g/mol. The summed E-state index contributed by atoms with van der Waals surface area (Å²) < 4.78 is 0. The quantitative estimate of drug-likeness (QED) is 0.314. The van der Waals surface area contributed by atoms with Gasteiger partial charge in [0.05, 0.1) is 0 Å². The molecule has 1 heteroatoms. The third-order valence-electron chi connectivity index (χ3n) is 5.82. The van der Waals surface area contributed by atoms with Crippen molar-refractivity contribution in [3.63, 3.8) is 0 Å². The van der Waals surface area contributed by atoms with Crippen molar-refractivity contribution >= 4 is 0 Å². The molecule has 154 valence electrons. The molecule has 0 spiro atoms. The van der Waals surface area contributed by atoms with Crippen LogP contribution in [0.2, 0.25) is 0 Å². The molecule has 0 saturated heterocycles. The van der Waals surface area contributed by atoms with Gasteiger partial charge in [-0.25, -0.2) is 0 Å². The van der Waals surface area contributed by atoms with Gasteiger partial charge < -0.3 is 5.11 Å². The molecule has 5 aromatic rings. The van der Waals surface area contributed by atoms with Crippen molar-refractivity contribution in [3.8, 4) is 50.3 Å². The van der Waals surface area contributed by atoms with E-state index in [1.807, 2.05) is 12.1 Å². The molecular weight excluding hydrogens is 388 g/mol. The lowest BCUT2D eigenvalue weighted by Gasteiger charge is -2.10. The number of phenolic OH excluding ortho intramolecular Hbond substituents is 1. The van der Waals surface area contributed by atoms with E-state index in [0.717, 1.165) is 16.7 Å². The smallest absolute Gasteiger partial charge is 0.116 e. The fourth-order valence-corrected chi connectivity index (χ4v) is 4.07. The maximum atomic E-state index is 9.84. The van der Waals surface area contributed by atoms with E-state index in [4.69, 9.17) is 0 Å². The van der Waals surface area contributed by atoms with Crippen LogP contribution in [0.15, 0.2) is 121 Å². The minimum absolute atomic E-state index is 0.281. The Balaban J connectivity index is 1.50. The van der Waals surface area contributed by atoms with Crippen LogP contribution in [0, 0.1) is 6.92 Å². The molecule has 0 aliphatic rings. The normalized spacial score (nSPS) is 10.8. The highest BCUT2D eigenvalue weighted by atomic mass is 16.3. The summed E-state index contributed by atoms with van der Waals surface area (Å²) in [5, 5.41) is 9.84. The standard InChI is InChI=1S/C31H24O/c1-22-14-16-23(17-15-22)24-6-2-7-25(18-24)26-8-3-9-27(19-26)28-10-4-11-29(20-28)30-12-5-13-31(32)21-30/h2-21,32H,1H3. The van der Waals surface area contributed by atoms with E-state index in [2.05, 4.69) is 104 Å². The lowest BCUT2D eigenvalue weighted by Crippen LogP contribution is -1.85. The van der Waals surface area contributed by atoms with Crippen LogP contribution in [0.5, 0.6) is 5.75 Å². The van der Waals surface area contributed by atoms with Crippen LogP contribution in [0.4, 0.5) is 0 Å². The molecule has 0 aliphatic heterocycles. The van der Waals surface area contributed by atoms with Gasteiger partial charge in [-0.3, -0.25) is 0 Å². The highest BCUT2D eigenvalue weighted by Gasteiger charge is 2.06. The molecular formula is C31H24O. The van der Waals surface area contributed by atoms with E-state index in [9.17, 15) is 5.11 Å². The minimum atomic E-state index is 0.281. The van der Waals surface area contributed by atoms with Crippen molar-refractivity contribution in [2.75, 3.05) is 0 Å². The van der Waals surface area contributed by atoms with Gasteiger partial charge in [0, 0.05) is 0 Å². The molecule has 0 saturated carbocycles. The predicted octanol–water partition coefficient (Wildman–Crippen LogP) is 8.37. The molecule has 1 nitrogen and oxygen atoms in total. The van der Waals surface area contributed by atoms with Crippen molar-refractivity contribution < 1.29 is 5.11 Å². The third kappa shape index (κ3) is 4.19. The average Bonchev–Trinajstić information content (AvgIpc) is 2.85. The number of hydrogen-bond acceptors (Lipinski definition) is 1. The second-order valence-corrected chi connectivity index (χ2v) is 8.16. The summed E-state index contributed by atoms with van der Waals surface area (Å²) in [6.45, 7) is 2.11. The Bertz CT molecular complexity index is 1380. The number of rotatable bonds is 4. The first-order valence-electron chi connectivity index (χ1n) is 10.8. The lowest BCUT2D eigenvalue weighted by atomic mass is 9.94. The van der Waals surface area contributed by atoms with Gasteiger partial charge in [-0.15, -0.1) is 0 Å². The van der Waals surface area contributed by atoms with Gasteiger partial charge in [0.2, 0.25) is 0 Å². The molecule has 32 heavy (non-hydrogen) atoms. The highest BCUT2D eigenvalue weighted by molar-refractivity contribution is 5.79. The van der Waals surface area contributed by atoms with Crippen molar-refractivity contribution in [2.45, 2.75) is 6.92 Å². The Morgan fingerprint density at radius 2 is 0.719 bits per heavy atom. The Hall–Kier alpha value is -4.10. The van der Waals surface area contributed by atoms with Gasteiger partial charge >= 0.3 is 0 Å². The van der Waals surface area contributed by atoms with Crippen LogP contribution >= 0.6 is 0 Å². The van der Waals surface area contributed by atoms with Gasteiger partial charge in [0.1, 0.15) is 5.75 Å². The lowest BCUT2D eigenvalue weighted by molar-refractivity contribution is 0.475. The zero-order valence-corrected chi connectivity index (χ0v) is 18.0. The molecule has 0 aliphatic carbocycles. The number of aryl methyl sites for hydroxylation is 1. The van der Waals surface area contributed by atoms with E-state index in [-0.39, 0.29) is 5.75 Å². The molecule has 0 aromatic heterocycles. The van der Waals surface area contributed by atoms with E-state index in [1.165, 1.54) is 33.4 Å². The first-order chi connectivity index (χ1) is 15.7. The summed E-state index contributed by atoms with van der Waals surface area (Å²) in [7, 11) is 0. The van der Waals surface area contributed by atoms with Crippen LogP contribution in [0.25, 0.3) is 44.5 Å². The molecule has 0 radical (unpaired) electrons. The maximum absolute atomic E-state index is 9.84. The molecule has 1 N–H and O–H groups in total. The van der Waals surface area contributed by atoms with Gasteiger partial charge in [-0.2, -0.15) is 0 Å². The Morgan fingerprint density at radius 1 is 0.375 bits per heavy atom.